The maximum Gasteiger partial charge on any atom is 0.161 e. The Hall–Kier alpha value is -1.48. The van der Waals surface area contributed by atoms with Gasteiger partial charge in [-0.1, -0.05) is 31.6 Å². The van der Waals surface area contributed by atoms with Crippen LogP contribution in [0.3, 0.4) is 0 Å². The highest BCUT2D eigenvalue weighted by molar-refractivity contribution is 5.46. The van der Waals surface area contributed by atoms with Crippen LogP contribution in [0.2, 0.25) is 0 Å². The molecule has 3 aliphatic rings. The first-order chi connectivity index (χ1) is 12.2. The van der Waals surface area contributed by atoms with Crippen molar-refractivity contribution in [2.24, 2.45) is 5.92 Å². The lowest BCUT2D eigenvalue weighted by atomic mass is 9.66. The average molecular weight is 341 g/mol. The van der Waals surface area contributed by atoms with Crippen molar-refractivity contribution >= 4 is 0 Å². The summed E-state index contributed by atoms with van der Waals surface area (Å²) in [5.74, 6) is 2.54. The molecule has 0 aromatic heterocycles. The molecule has 1 aromatic carbocycles. The Bertz CT molecular complexity index is 620. The molecule has 1 unspecified atom stereocenters. The summed E-state index contributed by atoms with van der Waals surface area (Å²) >= 11 is 0. The topological polar surface area (TPSA) is 21.7 Å². The van der Waals surface area contributed by atoms with E-state index in [1.54, 1.807) is 0 Å². The zero-order chi connectivity index (χ0) is 17.3. The van der Waals surface area contributed by atoms with Crippen LogP contribution < -0.4 is 9.47 Å². The molecule has 4 rings (SSSR count). The van der Waals surface area contributed by atoms with Gasteiger partial charge < -0.3 is 14.4 Å². The Labute approximate surface area is 152 Å². The minimum atomic E-state index is 0.300. The highest BCUT2D eigenvalue weighted by atomic mass is 16.5. The molecule has 3 nitrogen and oxygen atoms in total. The molecule has 1 heterocycles. The lowest BCUT2D eigenvalue weighted by Gasteiger charge is -2.42. The van der Waals surface area contributed by atoms with Gasteiger partial charge in [0.1, 0.15) is 6.61 Å². The molecule has 2 aliphatic carbocycles. The first-order valence-electron chi connectivity index (χ1n) is 9.94. The highest BCUT2D eigenvalue weighted by Gasteiger charge is 2.48. The van der Waals surface area contributed by atoms with E-state index in [0.717, 1.165) is 24.0 Å². The van der Waals surface area contributed by atoms with Gasteiger partial charge in [0.15, 0.2) is 11.5 Å². The second kappa shape index (κ2) is 7.03. The first-order valence-corrected chi connectivity index (χ1v) is 9.94. The van der Waals surface area contributed by atoms with Crippen molar-refractivity contribution in [1.29, 1.82) is 0 Å². The number of hydrogen-bond acceptors (Lipinski definition) is 3. The van der Waals surface area contributed by atoms with E-state index < -0.39 is 0 Å². The summed E-state index contributed by atoms with van der Waals surface area (Å²) in [4.78, 5) is 2.57. The van der Waals surface area contributed by atoms with E-state index in [1.165, 1.54) is 57.1 Å². The Morgan fingerprint density at radius 2 is 2.04 bits per heavy atom. The summed E-state index contributed by atoms with van der Waals surface area (Å²) in [5.41, 5.74) is 1.74. The Morgan fingerprint density at radius 1 is 1.16 bits per heavy atom. The summed E-state index contributed by atoms with van der Waals surface area (Å²) in [7, 11) is 2.29. The average Bonchev–Trinajstić information content (AvgIpc) is 3.41. The third-order valence-corrected chi connectivity index (χ3v) is 6.48. The number of nitrogens with zero attached hydrogens (tertiary/aromatic N) is 1. The van der Waals surface area contributed by atoms with Crippen LogP contribution in [0, 0.1) is 5.92 Å². The van der Waals surface area contributed by atoms with Crippen molar-refractivity contribution < 1.29 is 9.47 Å². The van der Waals surface area contributed by atoms with E-state index >= 15 is 0 Å². The maximum absolute atomic E-state index is 6.06. The number of ether oxygens (including phenoxy) is 2. The molecule has 2 atom stereocenters. The van der Waals surface area contributed by atoms with Gasteiger partial charge in [-0.05, 0) is 69.3 Å². The van der Waals surface area contributed by atoms with E-state index in [-0.39, 0.29) is 0 Å². The van der Waals surface area contributed by atoms with Gasteiger partial charge >= 0.3 is 0 Å². The molecule has 3 fully saturated rings. The molecular formula is C22H31NO2. The van der Waals surface area contributed by atoms with Crippen LogP contribution in [0.15, 0.2) is 30.9 Å². The fraction of sp³-hybridized carbons (Fsp3) is 0.636. The molecule has 1 aliphatic heterocycles. The first kappa shape index (κ1) is 17.0. The lowest BCUT2D eigenvalue weighted by molar-refractivity contribution is 0.181. The van der Waals surface area contributed by atoms with Crippen LogP contribution in [0.5, 0.6) is 11.5 Å². The van der Waals surface area contributed by atoms with Crippen LogP contribution >= 0.6 is 0 Å². The summed E-state index contributed by atoms with van der Waals surface area (Å²) in [6.45, 7) is 6.34. The van der Waals surface area contributed by atoms with E-state index in [1.807, 2.05) is 6.08 Å². The molecule has 3 heteroatoms. The second-order valence-corrected chi connectivity index (χ2v) is 8.16. The van der Waals surface area contributed by atoms with E-state index in [4.69, 9.17) is 9.47 Å². The van der Waals surface area contributed by atoms with Gasteiger partial charge in [-0.25, -0.2) is 0 Å². The van der Waals surface area contributed by atoms with Crippen LogP contribution in [0.1, 0.15) is 50.5 Å². The summed E-state index contributed by atoms with van der Waals surface area (Å²) in [6, 6.07) is 7.39. The van der Waals surface area contributed by atoms with Crippen molar-refractivity contribution in [2.45, 2.75) is 56.4 Å². The monoisotopic (exact) mass is 341 g/mol. The molecule has 0 N–H and O–H groups in total. The number of hydrogen-bond donors (Lipinski definition) is 0. The van der Waals surface area contributed by atoms with Crippen molar-refractivity contribution in [3.63, 3.8) is 0 Å². The van der Waals surface area contributed by atoms with E-state index in [9.17, 15) is 0 Å². The number of likely N-dealkylation sites (tertiary alicyclic amines) is 1. The zero-order valence-electron chi connectivity index (χ0n) is 15.5. The number of benzene rings is 1. The van der Waals surface area contributed by atoms with Crippen LogP contribution in [0.4, 0.5) is 0 Å². The van der Waals surface area contributed by atoms with Crippen molar-refractivity contribution in [3.8, 4) is 11.5 Å². The van der Waals surface area contributed by atoms with Gasteiger partial charge in [-0.15, -0.1) is 0 Å². The highest BCUT2D eigenvalue weighted by Crippen LogP contribution is 2.49. The largest absolute Gasteiger partial charge is 0.489 e. The molecule has 136 valence electrons. The molecule has 1 aromatic rings. The Kier molecular flexibility index (Phi) is 4.77. The molecular weight excluding hydrogens is 310 g/mol. The SMILES string of the molecule is C=CCOc1cc([C@@]23CCCCC2N(C)CC3)ccc1OCC1CC1. The minimum absolute atomic E-state index is 0.300. The fourth-order valence-electron chi connectivity index (χ4n) is 4.86. The molecule has 1 saturated heterocycles. The number of rotatable bonds is 7. The van der Waals surface area contributed by atoms with Gasteiger partial charge in [-0.3, -0.25) is 0 Å². The Balaban J connectivity index is 1.63. The third-order valence-electron chi connectivity index (χ3n) is 6.48. The van der Waals surface area contributed by atoms with Gasteiger partial charge in [0.25, 0.3) is 0 Å². The summed E-state index contributed by atoms with van der Waals surface area (Å²) in [6.07, 6.45) is 11.0. The summed E-state index contributed by atoms with van der Waals surface area (Å²) < 4.78 is 12.0. The standard InChI is InChI=1S/C22H31NO2/c1-3-14-24-20-15-18(9-10-19(20)25-16-17-7-8-17)22-11-5-4-6-21(22)23(2)13-12-22/h3,9-10,15,17,21H,1,4-8,11-14,16H2,2H3/t21?,22-/m0/s1. The normalized spacial score (nSPS) is 29.2. The van der Waals surface area contributed by atoms with Crippen molar-refractivity contribution in [3.05, 3.63) is 36.4 Å². The number of fused-ring (bicyclic) bond motifs is 1. The molecule has 0 bridgehead atoms. The predicted molar refractivity (Wildman–Crippen MR) is 102 cm³/mol. The lowest BCUT2D eigenvalue weighted by Crippen LogP contribution is -2.43. The van der Waals surface area contributed by atoms with Gasteiger partial charge in [0, 0.05) is 11.5 Å². The summed E-state index contributed by atoms with van der Waals surface area (Å²) in [5, 5.41) is 0. The van der Waals surface area contributed by atoms with E-state index in [0.29, 0.717) is 18.1 Å². The van der Waals surface area contributed by atoms with Crippen LogP contribution in [-0.2, 0) is 5.41 Å². The van der Waals surface area contributed by atoms with Gasteiger partial charge in [-0.2, -0.15) is 0 Å². The van der Waals surface area contributed by atoms with Gasteiger partial charge in [0.05, 0.1) is 6.61 Å². The Morgan fingerprint density at radius 3 is 2.84 bits per heavy atom. The smallest absolute Gasteiger partial charge is 0.161 e. The van der Waals surface area contributed by atoms with Crippen molar-refractivity contribution in [1.82, 2.24) is 4.90 Å². The second-order valence-electron chi connectivity index (χ2n) is 8.16. The van der Waals surface area contributed by atoms with Crippen molar-refractivity contribution in [2.75, 3.05) is 26.8 Å². The quantitative estimate of drug-likeness (QED) is 0.679. The van der Waals surface area contributed by atoms with Crippen LogP contribution in [-0.4, -0.2) is 37.7 Å². The molecule has 0 amide bonds. The number of likely N-dealkylation sites (N-methyl/N-ethyl adjacent to an activating group) is 1. The molecule has 0 radical (unpaired) electrons. The predicted octanol–water partition coefficient (Wildman–Crippen LogP) is 4.56. The molecule has 0 spiro atoms. The third kappa shape index (κ3) is 3.31. The fourth-order valence-corrected chi connectivity index (χ4v) is 4.86. The van der Waals surface area contributed by atoms with E-state index in [2.05, 4.69) is 36.7 Å². The van der Waals surface area contributed by atoms with Crippen LogP contribution in [0.25, 0.3) is 0 Å². The zero-order valence-corrected chi connectivity index (χ0v) is 15.5. The van der Waals surface area contributed by atoms with Gasteiger partial charge in [0.2, 0.25) is 0 Å². The molecule has 2 saturated carbocycles. The molecule has 25 heavy (non-hydrogen) atoms. The maximum atomic E-state index is 6.06. The minimum Gasteiger partial charge on any atom is -0.489 e.